The Morgan fingerprint density at radius 3 is 1.84 bits per heavy atom. The SMILES string of the molecule is CN(C)/N=C(/CC(O)(C(F)(F)F)C(F)(F)F)c1ccc([NH+]([O-])O)cc1. The molecule has 25 heavy (non-hydrogen) atoms. The van der Waals surface area contributed by atoms with Crippen LogP contribution in [0.3, 0.4) is 0 Å². The summed E-state index contributed by atoms with van der Waals surface area (Å²) in [5.41, 5.74) is -6.11. The van der Waals surface area contributed by atoms with Crippen LogP contribution in [0.2, 0.25) is 0 Å². The predicted octanol–water partition coefficient (Wildman–Crippen LogP) is 1.60. The Kier molecular flexibility index (Phi) is 6.05. The van der Waals surface area contributed by atoms with Gasteiger partial charge >= 0.3 is 12.4 Å². The van der Waals surface area contributed by atoms with Crippen molar-refractivity contribution < 1.29 is 41.9 Å². The van der Waals surface area contributed by atoms with Crippen molar-refractivity contribution in [2.75, 3.05) is 14.1 Å². The fourth-order valence-electron chi connectivity index (χ4n) is 1.85. The summed E-state index contributed by atoms with van der Waals surface area (Å²) < 4.78 is 77.2. The van der Waals surface area contributed by atoms with Gasteiger partial charge in [0, 0.05) is 32.6 Å². The minimum atomic E-state index is -5.99. The van der Waals surface area contributed by atoms with Crippen LogP contribution < -0.4 is 5.23 Å². The molecule has 0 saturated heterocycles. The summed E-state index contributed by atoms with van der Waals surface area (Å²) in [7, 11) is 2.54. The molecule has 0 spiro atoms. The number of aliphatic hydroxyl groups is 1. The van der Waals surface area contributed by atoms with Crippen LogP contribution in [0.1, 0.15) is 12.0 Å². The Balaban J connectivity index is 3.37. The van der Waals surface area contributed by atoms with Crippen LogP contribution in [0.15, 0.2) is 29.4 Å². The summed E-state index contributed by atoms with van der Waals surface area (Å²) >= 11 is 0. The van der Waals surface area contributed by atoms with Gasteiger partial charge in [-0.15, -0.1) is 0 Å². The lowest BCUT2D eigenvalue weighted by atomic mass is 9.91. The minimum absolute atomic E-state index is 0.189. The normalized spacial score (nSPS) is 15.2. The first kappa shape index (κ1) is 21.2. The Morgan fingerprint density at radius 1 is 1.08 bits per heavy atom. The van der Waals surface area contributed by atoms with Crippen molar-refractivity contribution in [1.29, 1.82) is 0 Å². The van der Waals surface area contributed by atoms with Crippen LogP contribution in [0.5, 0.6) is 0 Å². The van der Waals surface area contributed by atoms with E-state index in [1.807, 2.05) is 0 Å². The maximum absolute atomic E-state index is 12.9. The van der Waals surface area contributed by atoms with Crippen molar-refractivity contribution in [3.05, 3.63) is 35.0 Å². The number of rotatable bonds is 5. The number of benzene rings is 1. The predicted molar refractivity (Wildman–Crippen MR) is 74.1 cm³/mol. The monoisotopic (exact) mass is 375 g/mol. The number of halogens is 6. The van der Waals surface area contributed by atoms with Crippen molar-refractivity contribution in [3.8, 4) is 0 Å². The van der Waals surface area contributed by atoms with Gasteiger partial charge in [0.1, 0.15) is 0 Å². The molecule has 142 valence electrons. The molecule has 0 aromatic heterocycles. The van der Waals surface area contributed by atoms with E-state index in [0.717, 1.165) is 29.3 Å². The van der Waals surface area contributed by atoms with Crippen molar-refractivity contribution >= 4 is 11.4 Å². The van der Waals surface area contributed by atoms with Gasteiger partial charge in [0.2, 0.25) is 0 Å². The van der Waals surface area contributed by atoms with Crippen LogP contribution in [-0.2, 0) is 0 Å². The van der Waals surface area contributed by atoms with E-state index < -0.39 is 35.3 Å². The van der Waals surface area contributed by atoms with E-state index in [9.17, 15) is 36.7 Å². The summed E-state index contributed by atoms with van der Waals surface area (Å²) in [6, 6.07) is 4.03. The molecule has 1 unspecified atom stereocenters. The zero-order chi connectivity index (χ0) is 19.6. The molecule has 0 heterocycles. The number of quaternary nitrogens is 1. The molecule has 0 radical (unpaired) electrons. The third-order valence-corrected chi connectivity index (χ3v) is 3.15. The molecule has 6 nitrogen and oxygen atoms in total. The average Bonchev–Trinajstić information content (AvgIpc) is 2.43. The molecule has 1 aromatic rings. The van der Waals surface area contributed by atoms with Crippen LogP contribution in [0.25, 0.3) is 0 Å². The molecule has 0 bridgehead atoms. The van der Waals surface area contributed by atoms with Crippen LogP contribution >= 0.6 is 0 Å². The summed E-state index contributed by atoms with van der Waals surface area (Å²) in [4.78, 5) is 0. The van der Waals surface area contributed by atoms with Gasteiger partial charge in [0.05, 0.1) is 5.71 Å². The van der Waals surface area contributed by atoms with E-state index in [4.69, 9.17) is 5.21 Å². The molecule has 1 rings (SSSR count). The van der Waals surface area contributed by atoms with Crippen molar-refractivity contribution in [2.24, 2.45) is 5.10 Å². The van der Waals surface area contributed by atoms with Gasteiger partial charge in [-0.05, 0) is 17.7 Å². The van der Waals surface area contributed by atoms with Gasteiger partial charge in [-0.3, -0.25) is 0 Å². The van der Waals surface area contributed by atoms with Crippen LogP contribution in [0.4, 0.5) is 32.0 Å². The molecular weight excluding hydrogens is 360 g/mol. The molecule has 1 aromatic carbocycles. The summed E-state index contributed by atoms with van der Waals surface area (Å²) in [5.74, 6) is 0. The Bertz CT molecular complexity index is 597. The Morgan fingerprint density at radius 2 is 1.52 bits per heavy atom. The summed E-state index contributed by atoms with van der Waals surface area (Å²) in [5, 5.41) is 32.1. The van der Waals surface area contributed by atoms with Gasteiger partial charge in [-0.2, -0.15) is 36.7 Å². The molecule has 0 aliphatic heterocycles. The van der Waals surface area contributed by atoms with E-state index in [0.29, 0.717) is 0 Å². The quantitative estimate of drug-likeness (QED) is 0.415. The van der Waals surface area contributed by atoms with Crippen molar-refractivity contribution in [2.45, 2.75) is 24.4 Å². The van der Waals surface area contributed by atoms with E-state index in [1.54, 1.807) is 0 Å². The highest BCUT2D eigenvalue weighted by molar-refractivity contribution is 6.01. The largest absolute Gasteiger partial charge is 0.595 e. The lowest BCUT2D eigenvalue weighted by Gasteiger charge is -2.32. The highest BCUT2D eigenvalue weighted by Crippen LogP contribution is 2.45. The number of hydrogen-bond acceptors (Lipinski definition) is 5. The topological polar surface area (TPSA) is 83.6 Å². The third-order valence-electron chi connectivity index (χ3n) is 3.15. The molecule has 12 heteroatoms. The number of alkyl halides is 6. The maximum atomic E-state index is 12.9. The molecule has 0 saturated carbocycles. The van der Waals surface area contributed by atoms with Crippen LogP contribution in [0, 0.1) is 5.21 Å². The first-order valence-corrected chi connectivity index (χ1v) is 6.63. The van der Waals surface area contributed by atoms with Crippen LogP contribution in [-0.4, -0.2) is 53.1 Å². The molecular formula is C13H15F6N3O3. The van der Waals surface area contributed by atoms with Gasteiger partial charge < -0.3 is 15.3 Å². The number of nitrogens with zero attached hydrogens (tertiary/aromatic N) is 2. The second-order valence-corrected chi connectivity index (χ2v) is 5.31. The Hall–Kier alpha value is -1.89. The highest BCUT2D eigenvalue weighted by Gasteiger charge is 2.70. The van der Waals surface area contributed by atoms with Gasteiger partial charge in [-0.25, -0.2) is 5.21 Å². The lowest BCUT2D eigenvalue weighted by Crippen LogP contribution is -2.99. The first-order valence-electron chi connectivity index (χ1n) is 6.63. The maximum Gasteiger partial charge on any atom is 0.426 e. The third kappa shape index (κ3) is 4.81. The number of hydrogen-bond donors (Lipinski definition) is 3. The standard InChI is InChI=1S/C13H15F6N3O3/c1-21(2)20-10(8-3-5-9(6-4-8)22(24)25)7-11(23,12(14,15)16)13(17,18)19/h3-6,22-24H,7H2,1-2H3/b20-10-. The van der Waals surface area contributed by atoms with Crippen molar-refractivity contribution in [3.63, 3.8) is 0 Å². The molecule has 0 aliphatic rings. The fourth-order valence-corrected chi connectivity index (χ4v) is 1.85. The van der Waals surface area contributed by atoms with Gasteiger partial charge in [0.25, 0.3) is 5.60 Å². The highest BCUT2D eigenvalue weighted by atomic mass is 19.4. The van der Waals surface area contributed by atoms with E-state index >= 15 is 0 Å². The smallest absolute Gasteiger partial charge is 0.426 e. The molecule has 1 atom stereocenters. The fraction of sp³-hybridized carbons (Fsp3) is 0.462. The summed E-state index contributed by atoms with van der Waals surface area (Å²) in [6.07, 6.45) is -13.9. The minimum Gasteiger partial charge on any atom is -0.595 e. The lowest BCUT2D eigenvalue weighted by molar-refractivity contribution is -0.991. The van der Waals surface area contributed by atoms with Crippen molar-refractivity contribution in [1.82, 2.24) is 5.01 Å². The zero-order valence-corrected chi connectivity index (χ0v) is 13.0. The second kappa shape index (κ2) is 7.15. The molecule has 0 aliphatic carbocycles. The van der Waals surface area contributed by atoms with Gasteiger partial charge in [-0.1, -0.05) is 0 Å². The second-order valence-electron chi connectivity index (χ2n) is 5.31. The molecule has 0 amide bonds. The van der Waals surface area contributed by atoms with Gasteiger partial charge in [0.15, 0.2) is 5.69 Å². The Labute approximate surface area is 138 Å². The number of nitrogens with one attached hydrogen (secondary N) is 1. The van der Waals surface area contributed by atoms with E-state index in [1.165, 1.54) is 14.1 Å². The molecule has 0 fully saturated rings. The first-order chi connectivity index (χ1) is 11.2. The zero-order valence-electron chi connectivity index (χ0n) is 13.0. The summed E-state index contributed by atoms with van der Waals surface area (Å²) in [6.45, 7) is 0. The average molecular weight is 375 g/mol. The van der Waals surface area contributed by atoms with E-state index in [-0.39, 0.29) is 11.3 Å². The van der Waals surface area contributed by atoms with E-state index in [2.05, 4.69) is 5.10 Å². The number of hydrazone groups is 1. The molecule has 3 N–H and O–H groups in total.